The Morgan fingerprint density at radius 1 is 1.40 bits per heavy atom. The molecule has 0 saturated carbocycles. The van der Waals surface area contributed by atoms with Crippen molar-refractivity contribution in [3.63, 3.8) is 0 Å². The van der Waals surface area contributed by atoms with Crippen molar-refractivity contribution in [2.75, 3.05) is 19.9 Å². The first-order valence-electron chi connectivity index (χ1n) is 6.41. The summed E-state index contributed by atoms with van der Waals surface area (Å²) in [6.45, 7) is 5.73. The number of sulfone groups is 1. The molecule has 0 aliphatic rings. The van der Waals surface area contributed by atoms with E-state index >= 15 is 0 Å². The van der Waals surface area contributed by atoms with Gasteiger partial charge < -0.3 is 10.1 Å². The van der Waals surface area contributed by atoms with Crippen molar-refractivity contribution >= 4 is 9.84 Å². The van der Waals surface area contributed by atoms with E-state index in [-0.39, 0.29) is 5.75 Å². The maximum atomic E-state index is 13.8. The van der Waals surface area contributed by atoms with Crippen LogP contribution in [0.4, 0.5) is 4.39 Å². The van der Waals surface area contributed by atoms with Crippen LogP contribution in [0.1, 0.15) is 32.4 Å². The van der Waals surface area contributed by atoms with E-state index in [0.717, 1.165) is 0 Å². The Bertz CT molecular complexity index is 570. The second-order valence-electron chi connectivity index (χ2n) is 5.26. The fraction of sp³-hybridized carbons (Fsp3) is 0.571. The van der Waals surface area contributed by atoms with Crippen molar-refractivity contribution in [3.05, 3.63) is 29.6 Å². The molecule has 0 saturated heterocycles. The number of benzene rings is 1. The molecule has 0 radical (unpaired) electrons. The van der Waals surface area contributed by atoms with Gasteiger partial charge in [-0.2, -0.15) is 0 Å². The highest BCUT2D eigenvalue weighted by Crippen LogP contribution is 2.33. The first kappa shape index (κ1) is 16.9. The lowest BCUT2D eigenvalue weighted by atomic mass is 9.95. The zero-order valence-electron chi connectivity index (χ0n) is 12.5. The highest BCUT2D eigenvalue weighted by Gasteiger charge is 2.39. The summed E-state index contributed by atoms with van der Waals surface area (Å²) in [5.74, 6) is -0.363. The van der Waals surface area contributed by atoms with Gasteiger partial charge in [-0.25, -0.2) is 12.8 Å². The van der Waals surface area contributed by atoms with Crippen molar-refractivity contribution in [2.24, 2.45) is 0 Å². The minimum absolute atomic E-state index is 0.140. The monoisotopic (exact) mass is 303 g/mol. The summed E-state index contributed by atoms with van der Waals surface area (Å²) in [5, 5.41) is 3.12. The topological polar surface area (TPSA) is 55.4 Å². The van der Waals surface area contributed by atoms with Gasteiger partial charge in [0.1, 0.15) is 0 Å². The summed E-state index contributed by atoms with van der Waals surface area (Å²) in [6.07, 6.45) is 1.19. The van der Waals surface area contributed by atoms with E-state index in [0.29, 0.717) is 12.1 Å². The van der Waals surface area contributed by atoms with Crippen molar-refractivity contribution in [2.45, 2.75) is 31.6 Å². The average molecular weight is 303 g/mol. The van der Waals surface area contributed by atoms with E-state index in [4.69, 9.17) is 4.74 Å². The summed E-state index contributed by atoms with van der Waals surface area (Å²) >= 11 is 0. The van der Waals surface area contributed by atoms with Gasteiger partial charge in [-0.15, -0.1) is 0 Å². The molecule has 0 fully saturated rings. The Labute approximate surface area is 120 Å². The third kappa shape index (κ3) is 3.30. The zero-order chi connectivity index (χ0) is 15.6. The Balaban J connectivity index is 3.31. The number of ether oxygens (including phenoxy) is 1. The van der Waals surface area contributed by atoms with E-state index < -0.39 is 26.4 Å². The third-order valence-electron chi connectivity index (χ3n) is 3.57. The molecule has 20 heavy (non-hydrogen) atoms. The molecule has 1 rings (SSSR count). The van der Waals surface area contributed by atoms with Crippen LogP contribution in [0, 0.1) is 5.82 Å². The van der Waals surface area contributed by atoms with E-state index in [1.54, 1.807) is 19.9 Å². The van der Waals surface area contributed by atoms with E-state index in [1.807, 2.05) is 6.92 Å². The smallest absolute Gasteiger partial charge is 0.165 e. The summed E-state index contributed by atoms with van der Waals surface area (Å²) < 4.78 is 41.6. The standard InChI is InChI=1S/C14H22FNO3S/c1-6-16-13(14(2,3)20(5,17)18)10-7-8-12(19-4)11(15)9-10/h7-9,13,16H,6H2,1-5H3. The van der Waals surface area contributed by atoms with Crippen LogP contribution in [-0.2, 0) is 9.84 Å². The lowest BCUT2D eigenvalue weighted by Gasteiger charge is -2.33. The fourth-order valence-corrected chi connectivity index (χ4v) is 2.69. The van der Waals surface area contributed by atoms with Crippen molar-refractivity contribution in [3.8, 4) is 5.75 Å². The lowest BCUT2D eigenvalue weighted by Crippen LogP contribution is -2.45. The highest BCUT2D eigenvalue weighted by molar-refractivity contribution is 7.92. The number of methoxy groups -OCH3 is 1. The summed E-state index contributed by atoms with van der Waals surface area (Å²) in [4.78, 5) is 0. The van der Waals surface area contributed by atoms with Gasteiger partial charge in [0.25, 0.3) is 0 Å². The second kappa shape index (κ2) is 6.10. The molecule has 114 valence electrons. The molecule has 1 unspecified atom stereocenters. The van der Waals surface area contributed by atoms with Crippen LogP contribution in [0.2, 0.25) is 0 Å². The number of halogens is 1. The molecule has 0 aromatic heterocycles. The van der Waals surface area contributed by atoms with E-state index in [1.165, 1.54) is 25.5 Å². The molecule has 6 heteroatoms. The predicted octanol–water partition coefficient (Wildman–Crippen LogP) is 2.31. The normalized spacial score (nSPS) is 14.1. The van der Waals surface area contributed by atoms with Gasteiger partial charge in [-0.1, -0.05) is 13.0 Å². The lowest BCUT2D eigenvalue weighted by molar-refractivity contribution is 0.383. The number of hydrogen-bond donors (Lipinski definition) is 1. The van der Waals surface area contributed by atoms with Crippen LogP contribution in [0.25, 0.3) is 0 Å². The Hall–Kier alpha value is -1.14. The Morgan fingerprint density at radius 3 is 2.40 bits per heavy atom. The van der Waals surface area contributed by atoms with Crippen LogP contribution < -0.4 is 10.1 Å². The van der Waals surface area contributed by atoms with Crippen LogP contribution in [-0.4, -0.2) is 33.1 Å². The largest absolute Gasteiger partial charge is 0.494 e. The zero-order valence-corrected chi connectivity index (χ0v) is 13.3. The van der Waals surface area contributed by atoms with Crippen LogP contribution in [0.15, 0.2) is 18.2 Å². The van der Waals surface area contributed by atoms with Crippen molar-refractivity contribution in [1.82, 2.24) is 5.32 Å². The molecule has 0 spiro atoms. The molecule has 1 aromatic rings. The van der Waals surface area contributed by atoms with Gasteiger partial charge in [0.05, 0.1) is 17.9 Å². The molecule has 4 nitrogen and oxygen atoms in total. The minimum Gasteiger partial charge on any atom is -0.494 e. The first-order valence-corrected chi connectivity index (χ1v) is 8.30. The molecular weight excluding hydrogens is 281 g/mol. The number of nitrogens with one attached hydrogen (secondary N) is 1. The fourth-order valence-electron chi connectivity index (χ4n) is 2.05. The van der Waals surface area contributed by atoms with E-state index in [9.17, 15) is 12.8 Å². The van der Waals surface area contributed by atoms with Gasteiger partial charge in [0.2, 0.25) is 0 Å². The molecule has 1 aromatic carbocycles. The van der Waals surface area contributed by atoms with Gasteiger partial charge in [0, 0.05) is 6.26 Å². The van der Waals surface area contributed by atoms with Crippen LogP contribution >= 0.6 is 0 Å². The maximum absolute atomic E-state index is 13.8. The molecule has 0 heterocycles. The number of rotatable bonds is 6. The predicted molar refractivity (Wildman–Crippen MR) is 78.3 cm³/mol. The average Bonchev–Trinajstić information content (AvgIpc) is 2.34. The molecular formula is C14H22FNO3S. The van der Waals surface area contributed by atoms with Gasteiger partial charge in [0.15, 0.2) is 21.4 Å². The minimum atomic E-state index is -3.32. The summed E-state index contributed by atoms with van der Waals surface area (Å²) in [6, 6.07) is 4.01. The SMILES string of the molecule is CCNC(c1ccc(OC)c(F)c1)C(C)(C)S(C)(=O)=O. The van der Waals surface area contributed by atoms with Crippen molar-refractivity contribution < 1.29 is 17.5 Å². The summed E-state index contributed by atoms with van der Waals surface area (Å²) in [7, 11) is -1.93. The van der Waals surface area contributed by atoms with E-state index in [2.05, 4.69) is 5.32 Å². The van der Waals surface area contributed by atoms with Gasteiger partial charge >= 0.3 is 0 Å². The molecule has 1 N–H and O–H groups in total. The second-order valence-corrected chi connectivity index (χ2v) is 7.86. The van der Waals surface area contributed by atoms with Crippen LogP contribution in [0.3, 0.4) is 0 Å². The molecule has 0 aliphatic carbocycles. The van der Waals surface area contributed by atoms with Gasteiger partial charge in [-0.05, 0) is 38.1 Å². The molecule has 0 amide bonds. The third-order valence-corrected chi connectivity index (χ3v) is 5.72. The molecule has 0 bridgehead atoms. The Morgan fingerprint density at radius 2 is 2.00 bits per heavy atom. The molecule has 1 atom stereocenters. The molecule has 0 aliphatic heterocycles. The number of hydrogen-bond acceptors (Lipinski definition) is 4. The highest BCUT2D eigenvalue weighted by atomic mass is 32.2. The quantitative estimate of drug-likeness (QED) is 0.876. The first-order chi connectivity index (χ1) is 9.15. The maximum Gasteiger partial charge on any atom is 0.165 e. The van der Waals surface area contributed by atoms with Gasteiger partial charge in [-0.3, -0.25) is 0 Å². The summed E-state index contributed by atoms with van der Waals surface area (Å²) in [5.41, 5.74) is 0.584. The van der Waals surface area contributed by atoms with Crippen molar-refractivity contribution in [1.29, 1.82) is 0 Å². The Kier molecular flexibility index (Phi) is 5.15. The van der Waals surface area contributed by atoms with Crippen LogP contribution in [0.5, 0.6) is 5.75 Å².